The number of morpholine rings is 1. The lowest BCUT2D eigenvalue weighted by Crippen LogP contribution is -2.41. The highest BCUT2D eigenvalue weighted by Crippen LogP contribution is 2.12. The normalized spacial score (nSPS) is 18.7. The highest BCUT2D eigenvalue weighted by molar-refractivity contribution is 5.17. The monoisotopic (exact) mass is 264 g/mol. The van der Waals surface area contributed by atoms with E-state index in [1.54, 1.807) is 0 Å². The summed E-state index contributed by atoms with van der Waals surface area (Å²) in [5, 5.41) is 10.2. The number of hydrogen-bond acceptors (Lipinski definition) is 4. The summed E-state index contributed by atoms with van der Waals surface area (Å²) in [5.41, 5.74) is 0.987. The van der Waals surface area contributed by atoms with Crippen LogP contribution in [-0.4, -0.2) is 67.9 Å². The van der Waals surface area contributed by atoms with E-state index in [0.29, 0.717) is 6.54 Å². The third kappa shape index (κ3) is 4.91. The molecule has 2 rings (SSSR count). The fourth-order valence-corrected chi connectivity index (χ4v) is 2.30. The standard InChI is InChI=1S/C15H24N2O2/c1-16(7-8-17-9-11-19-12-10-17)13-15(18)14-5-3-2-4-6-14/h2-6,15,18H,7-13H2,1H3. The van der Waals surface area contributed by atoms with Gasteiger partial charge in [0.15, 0.2) is 0 Å². The van der Waals surface area contributed by atoms with Crippen molar-refractivity contribution in [1.29, 1.82) is 0 Å². The van der Waals surface area contributed by atoms with Gasteiger partial charge in [-0.3, -0.25) is 4.90 Å². The second-order valence-corrected chi connectivity index (χ2v) is 5.14. The molecule has 1 aliphatic heterocycles. The Morgan fingerprint density at radius 2 is 1.95 bits per heavy atom. The highest BCUT2D eigenvalue weighted by Gasteiger charge is 2.13. The molecule has 0 saturated carbocycles. The molecule has 1 heterocycles. The topological polar surface area (TPSA) is 35.9 Å². The molecule has 1 fully saturated rings. The van der Waals surface area contributed by atoms with Gasteiger partial charge >= 0.3 is 0 Å². The van der Waals surface area contributed by atoms with Crippen molar-refractivity contribution in [1.82, 2.24) is 9.80 Å². The van der Waals surface area contributed by atoms with Gasteiger partial charge in [0, 0.05) is 32.7 Å². The van der Waals surface area contributed by atoms with E-state index in [1.165, 1.54) is 0 Å². The van der Waals surface area contributed by atoms with E-state index in [-0.39, 0.29) is 0 Å². The van der Waals surface area contributed by atoms with Crippen molar-refractivity contribution in [2.45, 2.75) is 6.10 Å². The maximum atomic E-state index is 10.2. The summed E-state index contributed by atoms with van der Waals surface area (Å²) >= 11 is 0. The smallest absolute Gasteiger partial charge is 0.0916 e. The van der Waals surface area contributed by atoms with E-state index in [0.717, 1.165) is 45.0 Å². The molecule has 0 spiro atoms. The Bertz CT molecular complexity index is 352. The maximum Gasteiger partial charge on any atom is 0.0916 e. The molecule has 0 amide bonds. The minimum atomic E-state index is -0.407. The lowest BCUT2D eigenvalue weighted by atomic mass is 10.1. The summed E-state index contributed by atoms with van der Waals surface area (Å²) in [6.45, 7) is 6.43. The third-order valence-corrected chi connectivity index (χ3v) is 3.57. The zero-order valence-electron chi connectivity index (χ0n) is 11.7. The van der Waals surface area contributed by atoms with E-state index in [1.807, 2.05) is 30.3 Å². The number of nitrogens with zero attached hydrogens (tertiary/aromatic N) is 2. The average molecular weight is 264 g/mol. The molecule has 1 aromatic rings. The first-order valence-electron chi connectivity index (χ1n) is 6.97. The molecule has 19 heavy (non-hydrogen) atoms. The van der Waals surface area contributed by atoms with Crippen LogP contribution in [0.15, 0.2) is 30.3 Å². The predicted octanol–water partition coefficient (Wildman–Crippen LogP) is 0.984. The first-order chi connectivity index (χ1) is 9.25. The van der Waals surface area contributed by atoms with E-state index < -0.39 is 6.10 Å². The zero-order valence-corrected chi connectivity index (χ0v) is 11.7. The van der Waals surface area contributed by atoms with Crippen LogP contribution in [0, 0.1) is 0 Å². The molecular formula is C15H24N2O2. The molecule has 0 radical (unpaired) electrons. The van der Waals surface area contributed by atoms with Crippen LogP contribution >= 0.6 is 0 Å². The summed E-state index contributed by atoms with van der Waals surface area (Å²) in [6.07, 6.45) is -0.407. The minimum absolute atomic E-state index is 0.407. The van der Waals surface area contributed by atoms with Crippen LogP contribution in [0.4, 0.5) is 0 Å². The van der Waals surface area contributed by atoms with Gasteiger partial charge in [-0.25, -0.2) is 0 Å². The van der Waals surface area contributed by atoms with E-state index in [9.17, 15) is 5.11 Å². The van der Waals surface area contributed by atoms with Gasteiger partial charge in [-0.15, -0.1) is 0 Å². The number of rotatable bonds is 6. The number of aliphatic hydroxyl groups is 1. The Morgan fingerprint density at radius 1 is 1.26 bits per heavy atom. The van der Waals surface area contributed by atoms with Crippen LogP contribution in [-0.2, 0) is 4.74 Å². The summed E-state index contributed by atoms with van der Waals surface area (Å²) in [5.74, 6) is 0. The van der Waals surface area contributed by atoms with Gasteiger partial charge in [-0.05, 0) is 12.6 Å². The van der Waals surface area contributed by atoms with E-state index in [4.69, 9.17) is 4.74 Å². The predicted molar refractivity (Wildman–Crippen MR) is 76.2 cm³/mol. The fraction of sp³-hybridized carbons (Fsp3) is 0.600. The van der Waals surface area contributed by atoms with Crippen molar-refractivity contribution in [2.24, 2.45) is 0 Å². The second-order valence-electron chi connectivity index (χ2n) is 5.14. The van der Waals surface area contributed by atoms with Gasteiger partial charge in [-0.2, -0.15) is 0 Å². The molecule has 4 nitrogen and oxygen atoms in total. The van der Waals surface area contributed by atoms with Gasteiger partial charge in [-0.1, -0.05) is 30.3 Å². The van der Waals surface area contributed by atoms with Crippen LogP contribution in [0.25, 0.3) is 0 Å². The lowest BCUT2D eigenvalue weighted by Gasteiger charge is -2.29. The molecule has 1 saturated heterocycles. The Morgan fingerprint density at radius 3 is 2.63 bits per heavy atom. The first kappa shape index (κ1) is 14.5. The fourth-order valence-electron chi connectivity index (χ4n) is 2.30. The van der Waals surface area contributed by atoms with Crippen molar-refractivity contribution < 1.29 is 9.84 Å². The summed E-state index contributed by atoms with van der Waals surface area (Å²) in [6, 6.07) is 9.85. The van der Waals surface area contributed by atoms with Crippen LogP contribution in [0.1, 0.15) is 11.7 Å². The van der Waals surface area contributed by atoms with Crippen LogP contribution in [0.2, 0.25) is 0 Å². The Balaban J connectivity index is 1.70. The molecule has 1 unspecified atom stereocenters. The van der Waals surface area contributed by atoms with Crippen molar-refractivity contribution in [3.8, 4) is 0 Å². The molecule has 1 atom stereocenters. The van der Waals surface area contributed by atoms with E-state index >= 15 is 0 Å². The third-order valence-electron chi connectivity index (χ3n) is 3.57. The van der Waals surface area contributed by atoms with Crippen molar-refractivity contribution in [3.05, 3.63) is 35.9 Å². The van der Waals surface area contributed by atoms with Gasteiger partial charge in [0.2, 0.25) is 0 Å². The molecule has 0 bridgehead atoms. The van der Waals surface area contributed by atoms with Gasteiger partial charge in [0.25, 0.3) is 0 Å². The Kier molecular flexibility index (Phi) is 5.79. The van der Waals surface area contributed by atoms with Crippen LogP contribution < -0.4 is 0 Å². The molecule has 1 aliphatic rings. The number of benzene rings is 1. The molecule has 106 valence electrons. The van der Waals surface area contributed by atoms with Gasteiger partial charge < -0.3 is 14.7 Å². The van der Waals surface area contributed by atoms with Gasteiger partial charge in [0.1, 0.15) is 0 Å². The highest BCUT2D eigenvalue weighted by atomic mass is 16.5. The van der Waals surface area contributed by atoms with Crippen molar-refractivity contribution >= 4 is 0 Å². The molecule has 1 aromatic carbocycles. The Labute approximate surface area is 115 Å². The minimum Gasteiger partial charge on any atom is -0.387 e. The zero-order chi connectivity index (χ0) is 13.5. The lowest BCUT2D eigenvalue weighted by molar-refractivity contribution is 0.0320. The SMILES string of the molecule is CN(CCN1CCOCC1)CC(O)c1ccccc1. The van der Waals surface area contributed by atoms with Crippen molar-refractivity contribution in [2.75, 3.05) is 53.0 Å². The largest absolute Gasteiger partial charge is 0.387 e. The summed E-state index contributed by atoms with van der Waals surface area (Å²) in [7, 11) is 2.06. The number of ether oxygens (including phenoxy) is 1. The molecule has 0 aliphatic carbocycles. The molecule has 1 N–H and O–H groups in total. The summed E-state index contributed by atoms with van der Waals surface area (Å²) in [4.78, 5) is 4.60. The molecule has 4 heteroatoms. The first-order valence-corrected chi connectivity index (χ1v) is 6.97. The van der Waals surface area contributed by atoms with Crippen molar-refractivity contribution in [3.63, 3.8) is 0 Å². The maximum absolute atomic E-state index is 10.2. The number of likely N-dealkylation sites (N-methyl/N-ethyl adjacent to an activating group) is 1. The Hall–Kier alpha value is -0.940. The molecular weight excluding hydrogens is 240 g/mol. The molecule has 0 aromatic heterocycles. The quantitative estimate of drug-likeness (QED) is 0.831. The number of hydrogen-bond donors (Lipinski definition) is 1. The average Bonchev–Trinajstić information content (AvgIpc) is 2.47. The number of aliphatic hydroxyl groups excluding tert-OH is 1. The summed E-state index contributed by atoms with van der Waals surface area (Å²) < 4.78 is 5.33. The van der Waals surface area contributed by atoms with Gasteiger partial charge in [0.05, 0.1) is 19.3 Å². The van der Waals surface area contributed by atoms with E-state index in [2.05, 4.69) is 16.8 Å². The van der Waals surface area contributed by atoms with Crippen LogP contribution in [0.3, 0.4) is 0 Å². The second kappa shape index (κ2) is 7.60. The van der Waals surface area contributed by atoms with Crippen LogP contribution in [0.5, 0.6) is 0 Å².